The molecule has 0 radical (unpaired) electrons. The topological polar surface area (TPSA) is 105 Å². The molecular formula is C10H10FN3O3S2. The number of sulfonamides is 1. The maximum Gasteiger partial charge on any atom is 0.304 e. The second-order valence-electron chi connectivity index (χ2n) is 3.68. The molecule has 0 unspecified atom stereocenters. The molecule has 0 aliphatic heterocycles. The van der Waals surface area contributed by atoms with Crippen molar-refractivity contribution in [2.75, 3.05) is 5.73 Å². The van der Waals surface area contributed by atoms with Crippen LogP contribution in [0.2, 0.25) is 0 Å². The summed E-state index contributed by atoms with van der Waals surface area (Å²) in [6.07, 6.45) is 0. The average molecular weight is 303 g/mol. The number of benzene rings is 1. The van der Waals surface area contributed by atoms with Crippen molar-refractivity contribution in [1.29, 1.82) is 0 Å². The Morgan fingerprint density at radius 1 is 1.42 bits per heavy atom. The highest BCUT2D eigenvalue weighted by Crippen LogP contribution is 2.19. The van der Waals surface area contributed by atoms with E-state index in [2.05, 4.69) is 9.71 Å². The largest absolute Gasteiger partial charge is 0.398 e. The highest BCUT2D eigenvalue weighted by Gasteiger charge is 2.18. The van der Waals surface area contributed by atoms with Gasteiger partial charge in [-0.25, -0.2) is 17.5 Å². The first-order chi connectivity index (χ1) is 8.88. The van der Waals surface area contributed by atoms with Crippen LogP contribution in [0.25, 0.3) is 0 Å². The molecule has 0 amide bonds. The zero-order chi connectivity index (χ0) is 14.0. The molecule has 0 atom stereocenters. The molecule has 4 N–H and O–H groups in total. The molecular weight excluding hydrogens is 293 g/mol. The lowest BCUT2D eigenvalue weighted by molar-refractivity contribution is 0.577. The molecule has 19 heavy (non-hydrogen) atoms. The molecule has 2 rings (SSSR count). The molecule has 0 saturated carbocycles. The van der Waals surface area contributed by atoms with Crippen molar-refractivity contribution in [3.63, 3.8) is 0 Å². The van der Waals surface area contributed by atoms with E-state index in [0.717, 1.165) is 23.5 Å². The summed E-state index contributed by atoms with van der Waals surface area (Å²) in [4.78, 5) is 12.7. The molecule has 1 heterocycles. The molecule has 102 valence electrons. The van der Waals surface area contributed by atoms with E-state index < -0.39 is 15.8 Å². The van der Waals surface area contributed by atoms with Crippen LogP contribution in [0.15, 0.2) is 33.3 Å². The van der Waals surface area contributed by atoms with Crippen LogP contribution in [0.5, 0.6) is 0 Å². The third-order valence-electron chi connectivity index (χ3n) is 2.29. The van der Waals surface area contributed by atoms with E-state index in [-0.39, 0.29) is 22.0 Å². The number of anilines is 1. The molecule has 1 aromatic carbocycles. The standard InChI is InChI=1S/C10H10FN3O3S2/c11-6-1-2-8(12)9(3-6)19(16,17)13-4-7-5-18-10(15)14-7/h1-3,5,13H,4,12H2,(H,14,15). The number of nitrogens with two attached hydrogens (primary N) is 1. The van der Waals surface area contributed by atoms with E-state index in [4.69, 9.17) is 5.73 Å². The predicted molar refractivity (Wildman–Crippen MR) is 69.8 cm³/mol. The van der Waals surface area contributed by atoms with Gasteiger partial charge < -0.3 is 10.7 Å². The molecule has 0 bridgehead atoms. The predicted octanol–water partition coefficient (Wildman–Crippen LogP) is 0.636. The lowest BCUT2D eigenvalue weighted by Gasteiger charge is -2.08. The molecule has 0 spiro atoms. The Kier molecular flexibility index (Phi) is 3.69. The van der Waals surface area contributed by atoms with Gasteiger partial charge >= 0.3 is 4.87 Å². The third-order valence-corrected chi connectivity index (χ3v) is 4.46. The van der Waals surface area contributed by atoms with E-state index in [0.29, 0.717) is 5.69 Å². The lowest BCUT2D eigenvalue weighted by Crippen LogP contribution is -2.24. The van der Waals surface area contributed by atoms with Gasteiger partial charge in [0, 0.05) is 11.1 Å². The van der Waals surface area contributed by atoms with Crippen LogP contribution >= 0.6 is 11.3 Å². The normalized spacial score (nSPS) is 11.6. The summed E-state index contributed by atoms with van der Waals surface area (Å²) in [5.41, 5.74) is 5.88. The minimum absolute atomic E-state index is 0.0484. The number of hydrogen-bond acceptors (Lipinski definition) is 5. The summed E-state index contributed by atoms with van der Waals surface area (Å²) < 4.78 is 39.2. The first-order valence-corrected chi connectivity index (χ1v) is 7.46. The number of aromatic nitrogens is 1. The summed E-state index contributed by atoms with van der Waals surface area (Å²) in [7, 11) is -3.93. The highest BCUT2D eigenvalue weighted by molar-refractivity contribution is 7.89. The van der Waals surface area contributed by atoms with Gasteiger partial charge in [-0.3, -0.25) is 4.79 Å². The fraction of sp³-hybridized carbons (Fsp3) is 0.100. The van der Waals surface area contributed by atoms with Crippen molar-refractivity contribution < 1.29 is 12.8 Å². The summed E-state index contributed by atoms with van der Waals surface area (Å²) in [5.74, 6) is -0.696. The highest BCUT2D eigenvalue weighted by atomic mass is 32.2. The molecule has 0 aliphatic carbocycles. The number of aromatic amines is 1. The van der Waals surface area contributed by atoms with E-state index in [1.54, 1.807) is 0 Å². The van der Waals surface area contributed by atoms with Crippen molar-refractivity contribution >= 4 is 27.0 Å². The fourth-order valence-corrected chi connectivity index (χ4v) is 3.12. The number of hydrogen-bond donors (Lipinski definition) is 3. The summed E-state index contributed by atoms with van der Waals surface area (Å²) in [5, 5.41) is 1.50. The van der Waals surface area contributed by atoms with Crippen molar-refractivity contribution in [2.45, 2.75) is 11.4 Å². The molecule has 2 aromatic rings. The Bertz CT molecular complexity index is 751. The van der Waals surface area contributed by atoms with Crippen LogP contribution in [-0.4, -0.2) is 13.4 Å². The van der Waals surface area contributed by atoms with Crippen molar-refractivity contribution in [3.8, 4) is 0 Å². The molecule has 9 heteroatoms. The first kappa shape index (κ1) is 13.7. The number of H-pyrrole nitrogens is 1. The van der Waals surface area contributed by atoms with E-state index >= 15 is 0 Å². The number of nitrogen functional groups attached to an aromatic ring is 1. The molecule has 0 aliphatic rings. The smallest absolute Gasteiger partial charge is 0.304 e. The number of thiazole rings is 1. The van der Waals surface area contributed by atoms with Gasteiger partial charge in [0.2, 0.25) is 10.0 Å². The average Bonchev–Trinajstić information content (AvgIpc) is 2.76. The van der Waals surface area contributed by atoms with Crippen LogP contribution < -0.4 is 15.3 Å². The Morgan fingerprint density at radius 2 is 2.16 bits per heavy atom. The minimum atomic E-state index is -3.93. The Balaban J connectivity index is 2.23. The third kappa shape index (κ3) is 3.19. The minimum Gasteiger partial charge on any atom is -0.398 e. The number of nitrogens with one attached hydrogen (secondary N) is 2. The van der Waals surface area contributed by atoms with E-state index in [1.807, 2.05) is 0 Å². The van der Waals surface area contributed by atoms with Gasteiger partial charge in [0.1, 0.15) is 10.7 Å². The van der Waals surface area contributed by atoms with Crippen molar-refractivity contribution in [1.82, 2.24) is 9.71 Å². The number of rotatable bonds is 4. The maximum absolute atomic E-state index is 13.1. The zero-order valence-electron chi connectivity index (χ0n) is 9.51. The maximum atomic E-state index is 13.1. The van der Waals surface area contributed by atoms with Crippen molar-refractivity contribution in [3.05, 3.63) is 44.8 Å². The van der Waals surface area contributed by atoms with Crippen LogP contribution in [0.1, 0.15) is 5.69 Å². The summed E-state index contributed by atoms with van der Waals surface area (Å²) >= 11 is 0.926. The lowest BCUT2D eigenvalue weighted by atomic mass is 10.3. The van der Waals surface area contributed by atoms with Gasteiger partial charge in [0.25, 0.3) is 0 Å². The monoisotopic (exact) mass is 303 g/mol. The van der Waals surface area contributed by atoms with E-state index in [1.165, 1.54) is 11.4 Å². The van der Waals surface area contributed by atoms with Crippen LogP contribution in [0.3, 0.4) is 0 Å². The fourth-order valence-electron chi connectivity index (χ4n) is 1.39. The Morgan fingerprint density at radius 3 is 2.79 bits per heavy atom. The van der Waals surface area contributed by atoms with Gasteiger partial charge in [-0.2, -0.15) is 0 Å². The van der Waals surface area contributed by atoms with Gasteiger partial charge in [0.05, 0.1) is 12.2 Å². The van der Waals surface area contributed by atoms with Crippen LogP contribution in [0.4, 0.5) is 10.1 Å². The first-order valence-electron chi connectivity index (χ1n) is 5.10. The second kappa shape index (κ2) is 5.11. The molecule has 1 aromatic heterocycles. The molecule has 6 nitrogen and oxygen atoms in total. The van der Waals surface area contributed by atoms with Crippen molar-refractivity contribution in [2.24, 2.45) is 0 Å². The summed E-state index contributed by atoms with van der Waals surface area (Å²) in [6.45, 7) is -0.100. The number of halogens is 1. The van der Waals surface area contributed by atoms with Gasteiger partial charge in [0.15, 0.2) is 0 Å². The SMILES string of the molecule is Nc1ccc(F)cc1S(=O)(=O)NCc1csc(=O)[nH]1. The second-order valence-corrected chi connectivity index (χ2v) is 6.26. The quantitative estimate of drug-likeness (QED) is 0.721. The van der Waals surface area contributed by atoms with Crippen LogP contribution in [0, 0.1) is 5.82 Å². The summed E-state index contributed by atoms with van der Waals surface area (Å²) in [6, 6.07) is 3.09. The van der Waals surface area contributed by atoms with Gasteiger partial charge in [-0.15, -0.1) is 0 Å². The van der Waals surface area contributed by atoms with Gasteiger partial charge in [-0.1, -0.05) is 11.3 Å². The van der Waals surface area contributed by atoms with Gasteiger partial charge in [-0.05, 0) is 18.2 Å². The van der Waals surface area contributed by atoms with Crippen LogP contribution in [-0.2, 0) is 16.6 Å². The Hall–Kier alpha value is -1.71. The Labute approximate surface area is 112 Å². The van der Waals surface area contributed by atoms with E-state index in [9.17, 15) is 17.6 Å². The zero-order valence-corrected chi connectivity index (χ0v) is 11.1. The molecule has 0 fully saturated rings. The molecule has 0 saturated heterocycles.